The van der Waals surface area contributed by atoms with Gasteiger partial charge in [-0.25, -0.2) is 0 Å². The van der Waals surface area contributed by atoms with Crippen LogP contribution >= 0.6 is 0 Å². The second kappa shape index (κ2) is 15.7. The van der Waals surface area contributed by atoms with Gasteiger partial charge < -0.3 is 19.7 Å². The van der Waals surface area contributed by atoms with Crippen LogP contribution in [-0.4, -0.2) is 12.4 Å². The molecule has 286 valence electrons. The summed E-state index contributed by atoms with van der Waals surface area (Å²) in [5.74, 6) is 0.978. The van der Waals surface area contributed by atoms with E-state index in [-0.39, 0.29) is 27.3 Å². The van der Waals surface area contributed by atoms with E-state index in [0.717, 1.165) is 22.5 Å². The van der Waals surface area contributed by atoms with E-state index in [1.807, 2.05) is 47.6 Å². The monoisotopic (exact) mass is 760 g/mol. The molecule has 0 radical (unpaired) electrons. The molecule has 4 aromatic carbocycles. The van der Waals surface area contributed by atoms with Crippen LogP contribution in [0.4, 0.5) is 11.4 Å². The molecule has 0 N–H and O–H groups in total. The van der Waals surface area contributed by atoms with Gasteiger partial charge in [-0.05, 0) is 94.4 Å². The van der Waals surface area contributed by atoms with Crippen molar-refractivity contribution >= 4 is 23.8 Å². The van der Waals surface area contributed by atoms with Crippen LogP contribution in [0.5, 0.6) is 34.5 Å². The fraction of sp³-hybridized carbons (Fsp3) is 0.435. The van der Waals surface area contributed by atoms with Crippen LogP contribution in [0.25, 0.3) is 0 Å². The summed E-state index contributed by atoms with van der Waals surface area (Å²) < 4.78 is 13.1. The van der Waals surface area contributed by atoms with Gasteiger partial charge in [0, 0.05) is 18.0 Å². The third-order valence-electron chi connectivity index (χ3n) is 9.32. The number of rotatable bonds is 3. The van der Waals surface area contributed by atoms with E-state index >= 15 is 0 Å². The maximum absolute atomic E-state index is 13.3. The first-order valence-electron chi connectivity index (χ1n) is 18.2. The van der Waals surface area contributed by atoms with E-state index in [0.29, 0.717) is 34.1 Å². The van der Waals surface area contributed by atoms with Crippen LogP contribution in [0.15, 0.2) is 58.5 Å². The molecule has 1 aliphatic heterocycles. The molecule has 0 fully saturated rings. The summed E-state index contributed by atoms with van der Waals surface area (Å²) >= 11 is 0. The SMILES string of the molecule is CC(C)(C)c1cc2c(c(C(C)(C)C)c1)Oc1c(c(C(C)(C)C)c([O-])c([O-])c1C(C)(C)C)O2.Cc1cccc(C)c1N=CC=Nc1c(C)cccc1C.[Ni+2]. The minimum atomic E-state index is -0.579. The zero-order chi connectivity index (χ0) is 39.1. The third kappa shape index (κ3) is 9.54. The number of hydrogen-bond donors (Lipinski definition) is 0. The van der Waals surface area contributed by atoms with Gasteiger partial charge in [-0.2, -0.15) is 0 Å². The maximum atomic E-state index is 13.3. The molecule has 1 aliphatic rings. The number of para-hydroxylation sites is 2. The number of aliphatic imine (C=N–C) groups is 2. The van der Waals surface area contributed by atoms with Crippen molar-refractivity contribution in [2.24, 2.45) is 9.98 Å². The van der Waals surface area contributed by atoms with E-state index in [1.165, 1.54) is 22.3 Å². The summed E-state index contributed by atoms with van der Waals surface area (Å²) in [6, 6.07) is 16.6. The third-order valence-corrected chi connectivity index (χ3v) is 9.32. The van der Waals surface area contributed by atoms with Crippen molar-refractivity contribution in [1.29, 1.82) is 0 Å². The first-order chi connectivity index (χ1) is 23.8. The first-order valence-corrected chi connectivity index (χ1v) is 18.2. The Morgan fingerprint density at radius 3 is 1.23 bits per heavy atom. The predicted octanol–water partition coefficient (Wildman–Crippen LogP) is 11.9. The minimum Gasteiger partial charge on any atom is -0.873 e. The van der Waals surface area contributed by atoms with Crippen molar-refractivity contribution in [3.8, 4) is 34.5 Å². The van der Waals surface area contributed by atoms with Gasteiger partial charge in [-0.3, -0.25) is 9.98 Å². The molecule has 0 aliphatic carbocycles. The summed E-state index contributed by atoms with van der Waals surface area (Å²) in [6.45, 7) is 32.7. The molecule has 5 rings (SSSR count). The summed E-state index contributed by atoms with van der Waals surface area (Å²) in [5.41, 5.74) is 8.21. The van der Waals surface area contributed by atoms with E-state index in [4.69, 9.17) is 9.47 Å². The number of benzene rings is 4. The molecule has 1 heterocycles. The summed E-state index contributed by atoms with van der Waals surface area (Å²) in [5, 5.41) is 26.6. The van der Waals surface area contributed by atoms with Crippen LogP contribution < -0.4 is 19.7 Å². The molecule has 0 amide bonds. The van der Waals surface area contributed by atoms with Gasteiger partial charge in [-0.15, -0.1) is 11.5 Å². The summed E-state index contributed by atoms with van der Waals surface area (Å²) in [4.78, 5) is 9.01. The number of ether oxygens (including phenoxy) is 2. The molecule has 0 atom stereocenters. The number of nitrogens with zero attached hydrogens (tertiary/aromatic N) is 2. The number of fused-ring (bicyclic) bond motifs is 2. The van der Waals surface area contributed by atoms with E-state index in [9.17, 15) is 10.2 Å². The average Bonchev–Trinajstić information content (AvgIpc) is 2.99. The average molecular weight is 762 g/mol. The molecule has 0 spiro atoms. The van der Waals surface area contributed by atoms with Crippen molar-refractivity contribution in [2.45, 2.75) is 132 Å². The Balaban J connectivity index is 0.000000310. The molecular weight excluding hydrogens is 703 g/mol. The first kappa shape index (κ1) is 43.3. The smallest absolute Gasteiger partial charge is 0.873 e. The van der Waals surface area contributed by atoms with Gasteiger partial charge in [0.2, 0.25) is 0 Å². The Morgan fingerprint density at radius 1 is 0.509 bits per heavy atom. The zero-order valence-electron chi connectivity index (χ0n) is 34.6. The van der Waals surface area contributed by atoms with Gasteiger partial charge in [0.05, 0.1) is 11.4 Å². The van der Waals surface area contributed by atoms with Crippen LogP contribution in [-0.2, 0) is 38.2 Å². The quantitative estimate of drug-likeness (QED) is 0.135. The standard InChI is InChI=1S/C28H40O4.C18H20N2.Ni/c1-25(2,3)15-13-16(26(4,5)6)22-17(14-15)31-23-18(27(7,8)9)20(29)21(30)19(24(23)32-22)28(10,11)12;1-13-7-5-8-14(2)17(13)19-11-12-20-18-15(3)9-6-10-16(18)4;/h13-14,29-30H,1-12H3;5-12H,1-4H3;/q;;+2/p-2. The molecule has 0 saturated carbocycles. The molecule has 4 aromatic rings. The second-order valence-electron chi connectivity index (χ2n) is 18.2. The van der Waals surface area contributed by atoms with Crippen molar-refractivity contribution in [3.63, 3.8) is 0 Å². The summed E-state index contributed by atoms with van der Waals surface area (Å²) in [7, 11) is 0. The normalized spacial score (nSPS) is 13.1. The van der Waals surface area contributed by atoms with Gasteiger partial charge in [0.25, 0.3) is 0 Å². The van der Waals surface area contributed by atoms with Gasteiger partial charge >= 0.3 is 16.5 Å². The molecule has 0 unspecified atom stereocenters. The van der Waals surface area contributed by atoms with E-state index < -0.39 is 22.3 Å². The van der Waals surface area contributed by atoms with Crippen LogP contribution in [0, 0.1) is 27.7 Å². The van der Waals surface area contributed by atoms with Gasteiger partial charge in [0.1, 0.15) is 0 Å². The Hall–Kier alpha value is -4.09. The minimum absolute atomic E-state index is 0. The van der Waals surface area contributed by atoms with Crippen molar-refractivity contribution in [2.75, 3.05) is 0 Å². The van der Waals surface area contributed by atoms with Crippen molar-refractivity contribution in [3.05, 3.63) is 93.0 Å². The largest absolute Gasteiger partial charge is 2.00 e. The molecule has 7 heteroatoms. The van der Waals surface area contributed by atoms with Crippen molar-refractivity contribution in [1.82, 2.24) is 0 Å². The molecule has 0 bridgehead atoms. The second-order valence-corrected chi connectivity index (χ2v) is 18.2. The topological polar surface area (TPSA) is 89.3 Å². The summed E-state index contributed by atoms with van der Waals surface area (Å²) in [6.07, 6.45) is 3.53. The Bertz CT molecular complexity index is 1930. The van der Waals surface area contributed by atoms with Gasteiger partial charge in [-0.1, -0.05) is 126 Å². The maximum Gasteiger partial charge on any atom is 2.00 e. The predicted molar refractivity (Wildman–Crippen MR) is 215 cm³/mol. The Kier molecular flexibility index (Phi) is 12.8. The van der Waals surface area contributed by atoms with Crippen LogP contribution in [0.3, 0.4) is 0 Å². The van der Waals surface area contributed by atoms with Crippen molar-refractivity contribution < 1.29 is 36.2 Å². The van der Waals surface area contributed by atoms with Gasteiger partial charge in [0.15, 0.2) is 23.0 Å². The van der Waals surface area contributed by atoms with E-state index in [1.54, 1.807) is 12.4 Å². The molecular formula is C46H58N2NiO4. The molecule has 53 heavy (non-hydrogen) atoms. The number of aryl methyl sites for hydroxylation is 4. The van der Waals surface area contributed by atoms with E-state index in [2.05, 4.69) is 122 Å². The molecule has 0 aromatic heterocycles. The fourth-order valence-electron chi connectivity index (χ4n) is 6.44. The Labute approximate surface area is 328 Å². The molecule has 0 saturated heterocycles. The zero-order valence-corrected chi connectivity index (χ0v) is 35.6. The Morgan fingerprint density at radius 2 is 0.887 bits per heavy atom. The molecule has 6 nitrogen and oxygen atoms in total. The van der Waals surface area contributed by atoms with Crippen LogP contribution in [0.1, 0.15) is 128 Å². The number of hydrogen-bond acceptors (Lipinski definition) is 6. The van der Waals surface area contributed by atoms with Crippen LogP contribution in [0.2, 0.25) is 0 Å². The fourth-order valence-corrected chi connectivity index (χ4v) is 6.44.